The molecule has 0 saturated carbocycles. The van der Waals surface area contributed by atoms with Gasteiger partial charge < -0.3 is 10.7 Å². The third kappa shape index (κ3) is 2.70. The number of fused-ring (bicyclic) bond motifs is 5. The van der Waals surface area contributed by atoms with Gasteiger partial charge in [-0.25, -0.2) is 0 Å². The number of H-pyrrole nitrogens is 1. The Balaban J connectivity index is 0.000000252. The van der Waals surface area contributed by atoms with Crippen molar-refractivity contribution in [3.63, 3.8) is 0 Å². The average molecular weight is 314 g/mol. The lowest BCUT2D eigenvalue weighted by Gasteiger charge is -2.24. The van der Waals surface area contributed by atoms with E-state index in [9.17, 15) is 0 Å². The van der Waals surface area contributed by atoms with E-state index in [1.165, 1.54) is 45.5 Å². The van der Waals surface area contributed by atoms with Gasteiger partial charge in [-0.3, -0.25) is 0 Å². The first-order valence-electron chi connectivity index (χ1n) is 8.61. The first-order valence-corrected chi connectivity index (χ1v) is 8.61. The molecule has 5 rings (SSSR count). The Morgan fingerprint density at radius 1 is 0.792 bits per heavy atom. The second-order valence-electron chi connectivity index (χ2n) is 6.40. The van der Waals surface area contributed by atoms with Gasteiger partial charge in [-0.2, -0.15) is 0 Å². The second kappa shape index (κ2) is 6.50. The van der Waals surface area contributed by atoms with Crippen LogP contribution in [-0.4, -0.2) is 4.98 Å². The fourth-order valence-corrected chi connectivity index (χ4v) is 3.75. The van der Waals surface area contributed by atoms with Gasteiger partial charge in [-0.05, 0) is 64.1 Å². The molecule has 3 N–H and O–H groups in total. The molecule has 0 saturated heterocycles. The predicted octanol–water partition coefficient (Wildman–Crippen LogP) is 5.34. The maximum atomic E-state index is 6.36. The van der Waals surface area contributed by atoms with E-state index in [-0.39, 0.29) is 6.04 Å². The molecule has 1 atom stereocenters. The van der Waals surface area contributed by atoms with Crippen molar-refractivity contribution < 1.29 is 0 Å². The van der Waals surface area contributed by atoms with Crippen LogP contribution in [-0.2, 0) is 6.42 Å². The van der Waals surface area contributed by atoms with Gasteiger partial charge in [-0.1, -0.05) is 48.5 Å². The molecule has 0 amide bonds. The van der Waals surface area contributed by atoms with Gasteiger partial charge in [0.2, 0.25) is 0 Å². The molecule has 0 aliphatic heterocycles. The summed E-state index contributed by atoms with van der Waals surface area (Å²) in [7, 11) is 0. The minimum absolute atomic E-state index is 0.202. The van der Waals surface area contributed by atoms with E-state index in [4.69, 9.17) is 5.73 Å². The van der Waals surface area contributed by atoms with Crippen LogP contribution in [0.4, 0.5) is 0 Å². The number of rotatable bonds is 0. The first-order chi connectivity index (χ1) is 11.8. The number of nitrogens with one attached hydrogen (secondary N) is 1. The number of aromatic nitrogens is 1. The van der Waals surface area contributed by atoms with E-state index < -0.39 is 0 Å². The normalized spacial score (nSPS) is 16.5. The molecule has 0 spiro atoms. The molecule has 0 fully saturated rings. The lowest BCUT2D eigenvalue weighted by molar-refractivity contribution is 0.575. The van der Waals surface area contributed by atoms with Crippen molar-refractivity contribution in [3.05, 3.63) is 84.2 Å². The Hall–Kier alpha value is -2.58. The number of benzene rings is 3. The van der Waals surface area contributed by atoms with Crippen LogP contribution < -0.4 is 5.73 Å². The highest BCUT2D eigenvalue weighted by atomic mass is 14.6. The summed E-state index contributed by atoms with van der Waals surface area (Å²) in [6.45, 7) is 0. The summed E-state index contributed by atoms with van der Waals surface area (Å²) in [5, 5.41) is 5.33. The molecule has 0 bridgehead atoms. The largest absolute Gasteiger partial charge is 0.368 e. The van der Waals surface area contributed by atoms with Gasteiger partial charge in [-0.15, -0.1) is 0 Å². The topological polar surface area (TPSA) is 41.8 Å². The summed E-state index contributed by atoms with van der Waals surface area (Å²) in [5.74, 6) is 0. The molecule has 2 heteroatoms. The highest BCUT2D eigenvalue weighted by molar-refractivity contribution is 6.08. The molecule has 1 unspecified atom stereocenters. The molecular weight excluding hydrogens is 292 g/mol. The molecule has 3 aromatic carbocycles. The summed E-state index contributed by atoms with van der Waals surface area (Å²) in [6.07, 6.45) is 7.25. The van der Waals surface area contributed by atoms with E-state index in [2.05, 4.69) is 53.5 Å². The minimum atomic E-state index is 0.202. The summed E-state index contributed by atoms with van der Waals surface area (Å²) >= 11 is 0. The smallest absolute Gasteiger partial charge is 0.0303 e. The number of hydrogen-bond donors (Lipinski definition) is 2. The monoisotopic (exact) mass is 314 g/mol. The number of nitrogens with two attached hydrogens (primary N) is 1. The maximum Gasteiger partial charge on any atom is 0.0303 e. The van der Waals surface area contributed by atoms with Crippen molar-refractivity contribution in [3.8, 4) is 0 Å². The van der Waals surface area contributed by atoms with Crippen molar-refractivity contribution in [2.75, 3.05) is 0 Å². The molecule has 4 aromatic rings. The Morgan fingerprint density at radius 3 is 2.38 bits per heavy atom. The lowest BCUT2D eigenvalue weighted by Crippen LogP contribution is -2.17. The molecule has 24 heavy (non-hydrogen) atoms. The van der Waals surface area contributed by atoms with Gasteiger partial charge >= 0.3 is 0 Å². The van der Waals surface area contributed by atoms with Gasteiger partial charge in [0, 0.05) is 18.4 Å². The summed E-state index contributed by atoms with van der Waals surface area (Å²) < 4.78 is 0. The van der Waals surface area contributed by atoms with E-state index in [1.807, 2.05) is 24.5 Å². The van der Waals surface area contributed by atoms with E-state index in [0.29, 0.717) is 0 Å². The van der Waals surface area contributed by atoms with Gasteiger partial charge in [0.05, 0.1) is 0 Å². The zero-order valence-electron chi connectivity index (χ0n) is 13.7. The van der Waals surface area contributed by atoms with Crippen LogP contribution in [0.5, 0.6) is 0 Å². The number of hydrogen-bond acceptors (Lipinski definition) is 1. The van der Waals surface area contributed by atoms with Gasteiger partial charge in [0.15, 0.2) is 0 Å². The highest BCUT2D eigenvalue weighted by Gasteiger charge is 2.19. The lowest BCUT2D eigenvalue weighted by atomic mass is 9.84. The van der Waals surface area contributed by atoms with Crippen LogP contribution in [0.1, 0.15) is 30.0 Å². The fraction of sp³-hybridized carbons (Fsp3) is 0.182. The van der Waals surface area contributed by atoms with Crippen LogP contribution in [0.3, 0.4) is 0 Å². The van der Waals surface area contributed by atoms with Crippen molar-refractivity contribution in [2.24, 2.45) is 5.73 Å². The Bertz CT molecular complexity index is 937. The van der Waals surface area contributed by atoms with Crippen LogP contribution >= 0.6 is 0 Å². The Labute approximate surface area is 142 Å². The number of aryl methyl sites for hydroxylation is 1. The third-order valence-corrected chi connectivity index (χ3v) is 4.89. The quantitative estimate of drug-likeness (QED) is 0.422. The molecule has 1 heterocycles. The SMILES string of the molecule is NC1CCCc2ccc3c(ccc4ccccc43)c21.c1cc[nH]c1. The Morgan fingerprint density at radius 2 is 1.58 bits per heavy atom. The zero-order chi connectivity index (χ0) is 16.4. The zero-order valence-corrected chi connectivity index (χ0v) is 13.7. The highest BCUT2D eigenvalue weighted by Crippen LogP contribution is 2.36. The Kier molecular flexibility index (Phi) is 4.06. The number of aromatic amines is 1. The second-order valence-corrected chi connectivity index (χ2v) is 6.40. The van der Waals surface area contributed by atoms with Crippen molar-refractivity contribution in [1.82, 2.24) is 4.98 Å². The molecule has 1 aliphatic rings. The molecule has 1 aromatic heterocycles. The summed E-state index contributed by atoms with van der Waals surface area (Å²) in [5.41, 5.74) is 9.19. The fourth-order valence-electron chi connectivity index (χ4n) is 3.75. The van der Waals surface area contributed by atoms with Gasteiger partial charge in [0.1, 0.15) is 0 Å². The van der Waals surface area contributed by atoms with Gasteiger partial charge in [0.25, 0.3) is 0 Å². The predicted molar refractivity (Wildman–Crippen MR) is 102 cm³/mol. The standard InChI is InChI=1S/C18H17N.C4H5N/c19-17-7-3-5-13-9-10-15-14-6-2-1-4-12(14)8-11-16(15)18(13)17;1-2-4-5-3-1/h1-2,4,6,8-11,17H,3,5,7,19H2;1-5H. The molecule has 0 radical (unpaired) electrons. The van der Waals surface area contributed by atoms with Crippen LogP contribution in [0.15, 0.2) is 73.1 Å². The minimum Gasteiger partial charge on any atom is -0.368 e. The summed E-state index contributed by atoms with van der Waals surface area (Å²) in [4.78, 5) is 2.86. The van der Waals surface area contributed by atoms with Crippen LogP contribution in [0.25, 0.3) is 21.5 Å². The first kappa shape index (κ1) is 15.0. The molecule has 1 aliphatic carbocycles. The molecular formula is C22H22N2. The van der Waals surface area contributed by atoms with E-state index >= 15 is 0 Å². The average Bonchev–Trinajstić information content (AvgIpc) is 3.21. The van der Waals surface area contributed by atoms with E-state index in [0.717, 1.165) is 6.42 Å². The summed E-state index contributed by atoms with van der Waals surface area (Å²) in [6, 6.07) is 21.7. The maximum absolute atomic E-state index is 6.36. The van der Waals surface area contributed by atoms with E-state index in [1.54, 1.807) is 0 Å². The van der Waals surface area contributed by atoms with Crippen molar-refractivity contribution in [2.45, 2.75) is 25.3 Å². The molecule has 120 valence electrons. The van der Waals surface area contributed by atoms with Crippen LogP contribution in [0, 0.1) is 0 Å². The van der Waals surface area contributed by atoms with Crippen LogP contribution in [0.2, 0.25) is 0 Å². The van der Waals surface area contributed by atoms with Crippen molar-refractivity contribution >= 4 is 21.5 Å². The van der Waals surface area contributed by atoms with Crippen molar-refractivity contribution in [1.29, 1.82) is 0 Å². The third-order valence-electron chi connectivity index (χ3n) is 4.89. The molecule has 2 nitrogen and oxygen atoms in total.